The molecule has 206 valence electrons. The Morgan fingerprint density at radius 2 is 1.31 bits per heavy atom. The summed E-state index contributed by atoms with van der Waals surface area (Å²) in [5.74, 6) is -0.590. The summed E-state index contributed by atoms with van der Waals surface area (Å²) in [4.78, 5) is 25.1. The maximum absolute atomic E-state index is 13.4. The van der Waals surface area contributed by atoms with Gasteiger partial charge in [0.1, 0.15) is 11.8 Å². The van der Waals surface area contributed by atoms with Crippen molar-refractivity contribution in [1.82, 2.24) is 4.31 Å². The van der Waals surface area contributed by atoms with Crippen molar-refractivity contribution in [2.75, 3.05) is 22.5 Å². The summed E-state index contributed by atoms with van der Waals surface area (Å²) >= 11 is 0. The number of aromatic hydroxyl groups is 1. The maximum atomic E-state index is 13.4. The van der Waals surface area contributed by atoms with Crippen molar-refractivity contribution in [3.8, 4) is 5.75 Å². The molecule has 0 saturated carbocycles. The van der Waals surface area contributed by atoms with E-state index in [2.05, 4.69) is 16.0 Å². The molecule has 1 atom stereocenters. The van der Waals surface area contributed by atoms with Gasteiger partial charge in [-0.1, -0.05) is 6.42 Å². The highest BCUT2D eigenvalue weighted by atomic mass is 32.2. The molecule has 1 fully saturated rings. The van der Waals surface area contributed by atoms with Gasteiger partial charge in [-0.15, -0.1) is 0 Å². The molecule has 0 spiro atoms. The Morgan fingerprint density at radius 3 is 1.87 bits per heavy atom. The predicted octanol–water partition coefficient (Wildman–Crippen LogP) is 5.24. The molecule has 0 aliphatic carbocycles. The van der Waals surface area contributed by atoms with Gasteiger partial charge in [-0.2, -0.15) is 17.5 Å². The van der Waals surface area contributed by atoms with Crippen LogP contribution in [0, 0.1) is 0 Å². The van der Waals surface area contributed by atoms with Crippen LogP contribution in [-0.2, 0) is 21.0 Å². The van der Waals surface area contributed by atoms with E-state index in [4.69, 9.17) is 0 Å². The van der Waals surface area contributed by atoms with Gasteiger partial charge in [0, 0.05) is 23.6 Å². The lowest BCUT2D eigenvalue weighted by Crippen LogP contribution is -2.49. The van der Waals surface area contributed by atoms with E-state index in [0.717, 1.165) is 28.6 Å². The minimum atomic E-state index is -4.52. The second-order valence-corrected chi connectivity index (χ2v) is 10.7. The fraction of sp³-hybridized carbons (Fsp3) is 0.231. The van der Waals surface area contributed by atoms with Gasteiger partial charge in [0.15, 0.2) is 0 Å². The van der Waals surface area contributed by atoms with Crippen molar-refractivity contribution >= 4 is 39.0 Å². The van der Waals surface area contributed by atoms with Crippen molar-refractivity contribution in [1.29, 1.82) is 0 Å². The standard InChI is InChI=1S/C26H25F3N4O5S/c27-26(28,29)17-4-6-18(7-5-17)30-24(35)23-3-1-2-16-33(23)39(37,38)22-14-10-20(11-15-22)32-25(36)31-19-8-12-21(34)13-9-19/h4-15,23,34H,1-3,16H2,(H,30,35)(H2,31,32,36)/t23-/m0/s1. The number of anilines is 3. The highest BCUT2D eigenvalue weighted by Gasteiger charge is 2.38. The Morgan fingerprint density at radius 1 is 0.795 bits per heavy atom. The molecule has 1 saturated heterocycles. The molecule has 3 amide bonds. The number of amides is 3. The number of nitrogens with zero attached hydrogens (tertiary/aromatic N) is 1. The highest BCUT2D eigenvalue weighted by Crippen LogP contribution is 2.31. The van der Waals surface area contributed by atoms with E-state index in [9.17, 15) is 36.3 Å². The number of halogens is 3. The summed E-state index contributed by atoms with van der Waals surface area (Å²) in [7, 11) is -4.10. The summed E-state index contributed by atoms with van der Waals surface area (Å²) in [5, 5.41) is 17.0. The SMILES string of the molecule is O=C(Nc1ccc(O)cc1)Nc1ccc(S(=O)(=O)N2CCCC[C@H]2C(=O)Nc2ccc(C(F)(F)F)cc2)cc1. The number of nitrogens with one attached hydrogen (secondary N) is 3. The molecule has 1 aliphatic heterocycles. The van der Waals surface area contributed by atoms with Gasteiger partial charge in [-0.3, -0.25) is 4.79 Å². The quantitative estimate of drug-likeness (QED) is 0.306. The molecule has 13 heteroatoms. The number of carbonyl (C=O) groups is 2. The second-order valence-electron chi connectivity index (χ2n) is 8.84. The number of hydrogen-bond donors (Lipinski definition) is 4. The second kappa shape index (κ2) is 11.3. The largest absolute Gasteiger partial charge is 0.508 e. The third-order valence-electron chi connectivity index (χ3n) is 6.08. The minimum absolute atomic E-state index is 0.0470. The highest BCUT2D eigenvalue weighted by molar-refractivity contribution is 7.89. The summed E-state index contributed by atoms with van der Waals surface area (Å²) in [6, 6.07) is 13.6. The van der Waals surface area contributed by atoms with Crippen molar-refractivity contribution in [2.24, 2.45) is 0 Å². The van der Waals surface area contributed by atoms with E-state index in [1.54, 1.807) is 0 Å². The summed E-state index contributed by atoms with van der Waals surface area (Å²) in [6.45, 7) is 0.0997. The molecule has 4 N–H and O–H groups in total. The molecular formula is C26H25F3N4O5S. The van der Waals surface area contributed by atoms with E-state index >= 15 is 0 Å². The van der Waals surface area contributed by atoms with Gasteiger partial charge in [-0.25, -0.2) is 13.2 Å². The van der Waals surface area contributed by atoms with Gasteiger partial charge in [0.2, 0.25) is 15.9 Å². The molecule has 1 heterocycles. The van der Waals surface area contributed by atoms with E-state index in [0.29, 0.717) is 24.2 Å². The van der Waals surface area contributed by atoms with E-state index in [1.165, 1.54) is 48.5 Å². The third kappa shape index (κ3) is 6.86. The lowest BCUT2D eigenvalue weighted by molar-refractivity contribution is -0.137. The Labute approximate surface area is 222 Å². The average Bonchev–Trinajstić information content (AvgIpc) is 2.90. The van der Waals surface area contributed by atoms with Crippen LogP contribution in [0.15, 0.2) is 77.7 Å². The van der Waals surface area contributed by atoms with Crippen LogP contribution in [0.1, 0.15) is 24.8 Å². The Hall–Kier alpha value is -4.10. The van der Waals surface area contributed by atoms with Crippen LogP contribution in [-0.4, -0.2) is 42.4 Å². The van der Waals surface area contributed by atoms with Crippen LogP contribution in [0.5, 0.6) is 5.75 Å². The summed E-state index contributed by atoms with van der Waals surface area (Å²) < 4.78 is 66.4. The molecule has 0 aromatic heterocycles. The number of carbonyl (C=O) groups excluding carboxylic acids is 2. The fourth-order valence-electron chi connectivity index (χ4n) is 4.11. The maximum Gasteiger partial charge on any atom is 0.416 e. The van der Waals surface area contributed by atoms with Crippen molar-refractivity contribution in [2.45, 2.75) is 36.4 Å². The van der Waals surface area contributed by atoms with Crippen LogP contribution in [0.3, 0.4) is 0 Å². The van der Waals surface area contributed by atoms with Gasteiger partial charge in [-0.05, 0) is 85.6 Å². The van der Waals surface area contributed by atoms with Crippen molar-refractivity contribution in [3.63, 3.8) is 0 Å². The number of sulfonamides is 1. The minimum Gasteiger partial charge on any atom is -0.508 e. The molecule has 1 aliphatic rings. The van der Waals surface area contributed by atoms with Crippen LogP contribution < -0.4 is 16.0 Å². The molecule has 0 unspecified atom stereocenters. The molecule has 39 heavy (non-hydrogen) atoms. The zero-order chi connectivity index (χ0) is 28.2. The smallest absolute Gasteiger partial charge is 0.416 e. The molecule has 3 aromatic carbocycles. The first-order valence-electron chi connectivity index (χ1n) is 11.9. The van der Waals surface area contributed by atoms with Crippen molar-refractivity contribution < 1.29 is 36.3 Å². The van der Waals surface area contributed by atoms with Crippen LogP contribution in [0.25, 0.3) is 0 Å². The first-order valence-corrected chi connectivity index (χ1v) is 13.3. The van der Waals surface area contributed by atoms with Gasteiger partial charge in [0.05, 0.1) is 10.5 Å². The molecule has 4 rings (SSSR count). The number of urea groups is 1. The number of piperidine rings is 1. The van der Waals surface area contributed by atoms with Gasteiger partial charge in [0.25, 0.3) is 0 Å². The zero-order valence-corrected chi connectivity index (χ0v) is 21.2. The molecule has 0 bridgehead atoms. The van der Waals surface area contributed by atoms with Crippen LogP contribution in [0.2, 0.25) is 0 Å². The zero-order valence-electron chi connectivity index (χ0n) is 20.4. The van der Waals surface area contributed by atoms with Gasteiger partial charge < -0.3 is 21.1 Å². The molecule has 0 radical (unpaired) electrons. The van der Waals surface area contributed by atoms with Gasteiger partial charge >= 0.3 is 12.2 Å². The topological polar surface area (TPSA) is 128 Å². The summed E-state index contributed by atoms with van der Waals surface area (Å²) in [6.07, 6.45) is -3.11. The molecule has 9 nitrogen and oxygen atoms in total. The number of alkyl halides is 3. The van der Waals surface area contributed by atoms with Crippen LogP contribution >= 0.6 is 0 Å². The Bertz CT molecular complexity index is 1430. The predicted molar refractivity (Wildman–Crippen MR) is 139 cm³/mol. The van der Waals surface area contributed by atoms with E-state index < -0.39 is 39.7 Å². The Kier molecular flexibility index (Phi) is 8.11. The Balaban J connectivity index is 1.43. The van der Waals surface area contributed by atoms with Crippen LogP contribution in [0.4, 0.5) is 35.0 Å². The number of phenols is 1. The molecular weight excluding hydrogens is 537 g/mol. The first-order chi connectivity index (χ1) is 18.4. The average molecular weight is 563 g/mol. The lowest BCUT2D eigenvalue weighted by Gasteiger charge is -2.33. The lowest BCUT2D eigenvalue weighted by atomic mass is 10.0. The summed E-state index contributed by atoms with van der Waals surface area (Å²) in [5.41, 5.74) is 0.0192. The van der Waals surface area contributed by atoms with Crippen molar-refractivity contribution in [3.05, 3.63) is 78.4 Å². The number of benzene rings is 3. The third-order valence-corrected chi connectivity index (χ3v) is 8.00. The van der Waals surface area contributed by atoms with E-state index in [1.807, 2.05) is 0 Å². The molecule has 3 aromatic rings. The van der Waals surface area contributed by atoms with E-state index in [-0.39, 0.29) is 29.3 Å². The first kappa shape index (κ1) is 27.9. The number of hydrogen-bond acceptors (Lipinski definition) is 5. The normalized spacial score (nSPS) is 16.3. The monoisotopic (exact) mass is 562 g/mol. The fourth-order valence-corrected chi connectivity index (χ4v) is 5.76. The number of phenolic OH excluding ortho intramolecular Hbond substituents is 1. The number of rotatable bonds is 6.